The van der Waals surface area contributed by atoms with Crippen molar-refractivity contribution in [1.29, 1.82) is 0 Å². The van der Waals surface area contributed by atoms with Crippen LogP contribution in [0, 0.1) is 0 Å². The average molecular weight is 264 g/mol. The zero-order chi connectivity index (χ0) is 10.7. The van der Waals surface area contributed by atoms with E-state index < -0.39 is 0 Å². The van der Waals surface area contributed by atoms with E-state index in [1.165, 1.54) is 0 Å². The third-order valence-electron chi connectivity index (χ3n) is 2.06. The van der Waals surface area contributed by atoms with E-state index in [1.807, 2.05) is 24.3 Å². The fraction of sp³-hybridized carbons (Fsp3) is 0.0909. The van der Waals surface area contributed by atoms with Gasteiger partial charge in [-0.25, -0.2) is 9.97 Å². The molecule has 0 spiro atoms. The molecular formula is C11H10BrN3. The maximum Gasteiger partial charge on any atom is 0.160 e. The molecule has 0 saturated heterocycles. The van der Waals surface area contributed by atoms with Gasteiger partial charge in [0, 0.05) is 34.5 Å². The van der Waals surface area contributed by atoms with Gasteiger partial charge in [-0.1, -0.05) is 34.1 Å². The SMILES string of the molecule is NCc1cnc(-c2ccccc2Br)nc1. The summed E-state index contributed by atoms with van der Waals surface area (Å²) in [5, 5.41) is 0. The first-order chi connectivity index (χ1) is 7.31. The molecule has 76 valence electrons. The molecule has 3 nitrogen and oxygen atoms in total. The van der Waals surface area contributed by atoms with Crippen molar-refractivity contribution >= 4 is 15.9 Å². The van der Waals surface area contributed by atoms with E-state index in [1.54, 1.807) is 12.4 Å². The molecule has 1 aromatic heterocycles. The van der Waals surface area contributed by atoms with Crippen LogP contribution in [-0.4, -0.2) is 9.97 Å². The van der Waals surface area contributed by atoms with Crippen LogP contribution in [0.2, 0.25) is 0 Å². The predicted molar refractivity (Wildman–Crippen MR) is 63.1 cm³/mol. The van der Waals surface area contributed by atoms with E-state index in [4.69, 9.17) is 5.73 Å². The zero-order valence-corrected chi connectivity index (χ0v) is 9.61. The van der Waals surface area contributed by atoms with Gasteiger partial charge in [0.25, 0.3) is 0 Å². The molecule has 0 fully saturated rings. The van der Waals surface area contributed by atoms with Gasteiger partial charge in [0.05, 0.1) is 0 Å². The first kappa shape index (κ1) is 10.3. The Kier molecular flexibility index (Phi) is 3.08. The van der Waals surface area contributed by atoms with Gasteiger partial charge in [-0.3, -0.25) is 0 Å². The Hall–Kier alpha value is -1.26. The Bertz CT molecular complexity index is 454. The Labute approximate surface area is 96.5 Å². The van der Waals surface area contributed by atoms with Gasteiger partial charge >= 0.3 is 0 Å². The first-order valence-corrected chi connectivity index (χ1v) is 5.36. The lowest BCUT2D eigenvalue weighted by Crippen LogP contribution is -1.99. The molecule has 2 N–H and O–H groups in total. The maximum absolute atomic E-state index is 5.48. The van der Waals surface area contributed by atoms with Gasteiger partial charge in [-0.2, -0.15) is 0 Å². The summed E-state index contributed by atoms with van der Waals surface area (Å²) >= 11 is 3.46. The van der Waals surface area contributed by atoms with Crippen molar-refractivity contribution in [1.82, 2.24) is 9.97 Å². The lowest BCUT2D eigenvalue weighted by atomic mass is 10.2. The molecule has 0 aliphatic carbocycles. The third kappa shape index (κ3) is 2.22. The number of benzene rings is 1. The van der Waals surface area contributed by atoms with Crippen molar-refractivity contribution in [2.45, 2.75) is 6.54 Å². The minimum Gasteiger partial charge on any atom is -0.326 e. The van der Waals surface area contributed by atoms with Crippen LogP contribution in [0.5, 0.6) is 0 Å². The number of aromatic nitrogens is 2. The Morgan fingerprint density at radius 1 is 1.13 bits per heavy atom. The molecule has 2 rings (SSSR count). The van der Waals surface area contributed by atoms with Gasteiger partial charge in [0.2, 0.25) is 0 Å². The summed E-state index contributed by atoms with van der Waals surface area (Å²) in [7, 11) is 0. The number of hydrogen-bond acceptors (Lipinski definition) is 3. The van der Waals surface area contributed by atoms with E-state index in [9.17, 15) is 0 Å². The normalized spacial score (nSPS) is 10.3. The number of rotatable bonds is 2. The zero-order valence-electron chi connectivity index (χ0n) is 8.02. The van der Waals surface area contributed by atoms with Crippen LogP contribution in [0.1, 0.15) is 5.56 Å². The van der Waals surface area contributed by atoms with Crippen LogP contribution in [0.25, 0.3) is 11.4 Å². The number of nitrogens with zero attached hydrogens (tertiary/aromatic N) is 2. The standard InChI is InChI=1S/C11H10BrN3/c12-10-4-2-1-3-9(10)11-14-6-8(5-13)7-15-11/h1-4,6-7H,5,13H2. The topological polar surface area (TPSA) is 51.8 Å². The summed E-state index contributed by atoms with van der Waals surface area (Å²) in [6.07, 6.45) is 3.50. The van der Waals surface area contributed by atoms with Crippen molar-refractivity contribution in [3.8, 4) is 11.4 Å². The molecule has 0 unspecified atom stereocenters. The highest BCUT2D eigenvalue weighted by Gasteiger charge is 2.04. The highest BCUT2D eigenvalue weighted by molar-refractivity contribution is 9.10. The molecule has 2 aromatic rings. The van der Waals surface area contributed by atoms with Crippen molar-refractivity contribution in [2.75, 3.05) is 0 Å². The van der Waals surface area contributed by atoms with Crippen LogP contribution in [-0.2, 0) is 6.54 Å². The number of halogens is 1. The number of hydrogen-bond donors (Lipinski definition) is 1. The molecule has 0 saturated carbocycles. The Morgan fingerprint density at radius 2 is 1.80 bits per heavy atom. The highest BCUT2D eigenvalue weighted by Crippen LogP contribution is 2.24. The quantitative estimate of drug-likeness (QED) is 0.905. The Morgan fingerprint density at radius 3 is 2.40 bits per heavy atom. The largest absolute Gasteiger partial charge is 0.326 e. The lowest BCUT2D eigenvalue weighted by Gasteiger charge is -2.02. The molecule has 0 amide bonds. The van der Waals surface area contributed by atoms with Crippen LogP contribution in [0.3, 0.4) is 0 Å². The molecule has 1 heterocycles. The van der Waals surface area contributed by atoms with Gasteiger partial charge in [0.15, 0.2) is 5.82 Å². The maximum atomic E-state index is 5.48. The summed E-state index contributed by atoms with van der Waals surface area (Å²) in [5.74, 6) is 0.708. The minimum atomic E-state index is 0.468. The molecule has 0 radical (unpaired) electrons. The second kappa shape index (κ2) is 4.51. The van der Waals surface area contributed by atoms with Gasteiger partial charge in [-0.05, 0) is 6.07 Å². The smallest absolute Gasteiger partial charge is 0.160 e. The van der Waals surface area contributed by atoms with E-state index >= 15 is 0 Å². The highest BCUT2D eigenvalue weighted by atomic mass is 79.9. The average Bonchev–Trinajstić information content (AvgIpc) is 2.30. The fourth-order valence-electron chi connectivity index (χ4n) is 1.24. The minimum absolute atomic E-state index is 0.468. The summed E-state index contributed by atoms with van der Waals surface area (Å²) in [6.45, 7) is 0.468. The van der Waals surface area contributed by atoms with Crippen LogP contribution in [0.15, 0.2) is 41.1 Å². The molecule has 4 heteroatoms. The lowest BCUT2D eigenvalue weighted by molar-refractivity contribution is 1.01. The fourth-order valence-corrected chi connectivity index (χ4v) is 1.70. The molecule has 1 aromatic carbocycles. The van der Waals surface area contributed by atoms with Crippen molar-refractivity contribution < 1.29 is 0 Å². The van der Waals surface area contributed by atoms with E-state index in [-0.39, 0.29) is 0 Å². The number of nitrogens with two attached hydrogens (primary N) is 1. The second-order valence-corrected chi connectivity index (χ2v) is 3.95. The predicted octanol–water partition coefficient (Wildman–Crippen LogP) is 2.36. The van der Waals surface area contributed by atoms with Crippen LogP contribution in [0.4, 0.5) is 0 Å². The molecule has 0 aliphatic rings. The summed E-state index contributed by atoms with van der Waals surface area (Å²) in [5.41, 5.74) is 7.40. The van der Waals surface area contributed by atoms with E-state index in [0.29, 0.717) is 12.4 Å². The van der Waals surface area contributed by atoms with E-state index in [2.05, 4.69) is 25.9 Å². The monoisotopic (exact) mass is 263 g/mol. The van der Waals surface area contributed by atoms with Crippen molar-refractivity contribution in [3.05, 3.63) is 46.7 Å². The van der Waals surface area contributed by atoms with E-state index in [0.717, 1.165) is 15.6 Å². The molecule has 0 aliphatic heterocycles. The van der Waals surface area contributed by atoms with Gasteiger partial charge in [0.1, 0.15) is 0 Å². The molecule has 0 atom stereocenters. The summed E-state index contributed by atoms with van der Waals surface area (Å²) in [4.78, 5) is 8.52. The summed E-state index contributed by atoms with van der Waals surface area (Å²) in [6, 6.07) is 7.86. The van der Waals surface area contributed by atoms with Crippen molar-refractivity contribution in [2.24, 2.45) is 5.73 Å². The first-order valence-electron chi connectivity index (χ1n) is 4.57. The van der Waals surface area contributed by atoms with Crippen molar-refractivity contribution in [3.63, 3.8) is 0 Å². The van der Waals surface area contributed by atoms with Crippen LogP contribution < -0.4 is 5.73 Å². The summed E-state index contributed by atoms with van der Waals surface area (Å²) < 4.78 is 0.991. The van der Waals surface area contributed by atoms with Crippen LogP contribution >= 0.6 is 15.9 Å². The second-order valence-electron chi connectivity index (χ2n) is 3.10. The Balaban J connectivity index is 2.42. The van der Waals surface area contributed by atoms with Gasteiger partial charge in [-0.15, -0.1) is 0 Å². The molecule has 0 bridgehead atoms. The van der Waals surface area contributed by atoms with Gasteiger partial charge < -0.3 is 5.73 Å². The molecule has 15 heavy (non-hydrogen) atoms. The molecular weight excluding hydrogens is 254 g/mol. The third-order valence-corrected chi connectivity index (χ3v) is 2.75.